The summed E-state index contributed by atoms with van der Waals surface area (Å²) in [5.74, 6) is 0.709. The van der Waals surface area contributed by atoms with E-state index < -0.39 is 0 Å². The van der Waals surface area contributed by atoms with Crippen LogP contribution in [0, 0.1) is 0 Å². The molecule has 100 valence electrons. The molecule has 0 bridgehead atoms. The second-order valence-corrected chi connectivity index (χ2v) is 5.25. The number of aromatic nitrogens is 2. The number of rotatable bonds is 6. The Morgan fingerprint density at radius 2 is 2.05 bits per heavy atom. The third-order valence-corrected chi connectivity index (χ3v) is 3.59. The van der Waals surface area contributed by atoms with E-state index in [1.807, 2.05) is 12.3 Å². The first-order valence-corrected chi connectivity index (χ1v) is 7.23. The molecule has 0 aliphatic heterocycles. The fourth-order valence-corrected chi connectivity index (χ4v) is 2.49. The highest BCUT2D eigenvalue weighted by atomic mass is 15.3. The lowest BCUT2D eigenvalue weighted by molar-refractivity contribution is 0.669. The Labute approximate surface area is 114 Å². The van der Waals surface area contributed by atoms with Crippen LogP contribution in [0.4, 0.5) is 0 Å². The highest BCUT2D eigenvalue weighted by Gasteiger charge is 2.30. The minimum atomic E-state index is 0.709. The van der Waals surface area contributed by atoms with Crippen molar-refractivity contribution < 1.29 is 0 Å². The standard InChI is InChI=1S/C16H21N3/c1-2-10-17-11-14-12-18-19(16(14)13-8-9-13)15-6-4-3-5-7-15/h3-7,12-13,17H,2,8-11H2,1H3. The molecule has 1 N–H and O–H groups in total. The molecule has 0 radical (unpaired) electrons. The topological polar surface area (TPSA) is 29.9 Å². The zero-order chi connectivity index (χ0) is 13.1. The first-order chi connectivity index (χ1) is 9.40. The molecule has 1 aliphatic rings. The summed E-state index contributed by atoms with van der Waals surface area (Å²) in [7, 11) is 0. The maximum Gasteiger partial charge on any atom is 0.0649 e. The summed E-state index contributed by atoms with van der Waals surface area (Å²) in [5, 5.41) is 8.09. The van der Waals surface area contributed by atoms with E-state index >= 15 is 0 Å². The van der Waals surface area contributed by atoms with Crippen molar-refractivity contribution in [2.75, 3.05) is 6.54 Å². The Balaban J connectivity index is 1.88. The van der Waals surface area contributed by atoms with Crippen LogP contribution in [0.2, 0.25) is 0 Å². The highest BCUT2D eigenvalue weighted by Crippen LogP contribution is 2.42. The monoisotopic (exact) mass is 255 g/mol. The molecule has 0 amide bonds. The number of nitrogens with one attached hydrogen (secondary N) is 1. The van der Waals surface area contributed by atoms with Crippen LogP contribution in [0.15, 0.2) is 36.5 Å². The summed E-state index contributed by atoms with van der Waals surface area (Å²) in [6.45, 7) is 4.20. The van der Waals surface area contributed by atoms with Crippen molar-refractivity contribution >= 4 is 0 Å². The van der Waals surface area contributed by atoms with Crippen molar-refractivity contribution in [3.05, 3.63) is 47.8 Å². The molecule has 0 atom stereocenters. The number of para-hydroxylation sites is 1. The number of benzene rings is 1. The van der Waals surface area contributed by atoms with Gasteiger partial charge in [0.2, 0.25) is 0 Å². The van der Waals surface area contributed by atoms with E-state index in [2.05, 4.69) is 46.3 Å². The van der Waals surface area contributed by atoms with Crippen LogP contribution < -0.4 is 5.32 Å². The van der Waals surface area contributed by atoms with Gasteiger partial charge < -0.3 is 5.32 Å². The van der Waals surface area contributed by atoms with Crippen molar-refractivity contribution in [3.8, 4) is 5.69 Å². The molecule has 3 heteroatoms. The third-order valence-electron chi connectivity index (χ3n) is 3.59. The molecule has 0 unspecified atom stereocenters. The predicted octanol–water partition coefficient (Wildman–Crippen LogP) is 3.25. The van der Waals surface area contributed by atoms with Crippen LogP contribution in [-0.4, -0.2) is 16.3 Å². The molecule has 0 saturated heterocycles. The van der Waals surface area contributed by atoms with E-state index in [-0.39, 0.29) is 0 Å². The first kappa shape index (κ1) is 12.4. The van der Waals surface area contributed by atoms with E-state index in [9.17, 15) is 0 Å². The zero-order valence-electron chi connectivity index (χ0n) is 11.5. The zero-order valence-corrected chi connectivity index (χ0v) is 11.5. The molecule has 1 heterocycles. The van der Waals surface area contributed by atoms with Crippen molar-refractivity contribution in [1.29, 1.82) is 0 Å². The average molecular weight is 255 g/mol. The van der Waals surface area contributed by atoms with E-state index in [0.29, 0.717) is 5.92 Å². The predicted molar refractivity (Wildman–Crippen MR) is 77.5 cm³/mol. The van der Waals surface area contributed by atoms with Crippen molar-refractivity contribution in [2.24, 2.45) is 0 Å². The van der Waals surface area contributed by atoms with Gasteiger partial charge >= 0.3 is 0 Å². The second-order valence-electron chi connectivity index (χ2n) is 5.25. The first-order valence-electron chi connectivity index (χ1n) is 7.23. The van der Waals surface area contributed by atoms with Gasteiger partial charge in [-0.2, -0.15) is 5.10 Å². The highest BCUT2D eigenvalue weighted by molar-refractivity contribution is 5.37. The molecular formula is C16H21N3. The van der Waals surface area contributed by atoms with Gasteiger partial charge in [0.15, 0.2) is 0 Å². The maximum absolute atomic E-state index is 4.60. The van der Waals surface area contributed by atoms with Gasteiger partial charge in [-0.05, 0) is 37.9 Å². The van der Waals surface area contributed by atoms with Crippen molar-refractivity contribution in [2.45, 2.75) is 38.6 Å². The molecule has 3 rings (SSSR count). The fourth-order valence-electron chi connectivity index (χ4n) is 2.49. The lowest BCUT2D eigenvalue weighted by Crippen LogP contribution is -2.15. The quantitative estimate of drug-likeness (QED) is 0.803. The van der Waals surface area contributed by atoms with Gasteiger partial charge in [0, 0.05) is 18.0 Å². The Bertz CT molecular complexity index is 526. The molecule has 1 saturated carbocycles. The SMILES string of the molecule is CCCNCc1cnn(-c2ccccc2)c1C1CC1. The van der Waals surface area contributed by atoms with Crippen LogP contribution in [0.3, 0.4) is 0 Å². The molecule has 3 nitrogen and oxygen atoms in total. The summed E-state index contributed by atoms with van der Waals surface area (Å²) in [6.07, 6.45) is 5.81. The van der Waals surface area contributed by atoms with Gasteiger partial charge in [0.05, 0.1) is 17.6 Å². The van der Waals surface area contributed by atoms with E-state index in [4.69, 9.17) is 0 Å². The normalized spacial score (nSPS) is 14.8. The third kappa shape index (κ3) is 2.71. The van der Waals surface area contributed by atoms with E-state index in [1.165, 1.54) is 36.2 Å². The van der Waals surface area contributed by atoms with Gasteiger partial charge in [-0.1, -0.05) is 25.1 Å². The average Bonchev–Trinajstić information content (AvgIpc) is 3.21. The summed E-state index contributed by atoms with van der Waals surface area (Å²) >= 11 is 0. The summed E-state index contributed by atoms with van der Waals surface area (Å²) < 4.78 is 2.13. The molecule has 2 aromatic rings. The number of hydrogen-bond donors (Lipinski definition) is 1. The van der Waals surface area contributed by atoms with Gasteiger partial charge in [-0.15, -0.1) is 0 Å². The largest absolute Gasteiger partial charge is 0.313 e. The lowest BCUT2D eigenvalue weighted by Gasteiger charge is -2.09. The minimum Gasteiger partial charge on any atom is -0.313 e. The van der Waals surface area contributed by atoms with Gasteiger partial charge in [0.1, 0.15) is 0 Å². The summed E-state index contributed by atoms with van der Waals surface area (Å²) in [4.78, 5) is 0. The van der Waals surface area contributed by atoms with Gasteiger partial charge in [-0.25, -0.2) is 4.68 Å². The van der Waals surface area contributed by atoms with Crippen LogP contribution in [0.25, 0.3) is 5.69 Å². The number of hydrogen-bond acceptors (Lipinski definition) is 2. The van der Waals surface area contributed by atoms with Crippen LogP contribution >= 0.6 is 0 Å². The second kappa shape index (κ2) is 5.57. The number of nitrogens with zero attached hydrogens (tertiary/aromatic N) is 2. The van der Waals surface area contributed by atoms with E-state index in [1.54, 1.807) is 0 Å². The van der Waals surface area contributed by atoms with Crippen molar-refractivity contribution in [1.82, 2.24) is 15.1 Å². The molecule has 1 aromatic carbocycles. The molecular weight excluding hydrogens is 234 g/mol. The Morgan fingerprint density at radius 3 is 2.74 bits per heavy atom. The smallest absolute Gasteiger partial charge is 0.0649 e. The molecule has 1 aliphatic carbocycles. The fraction of sp³-hybridized carbons (Fsp3) is 0.438. The van der Waals surface area contributed by atoms with Crippen LogP contribution in [0.1, 0.15) is 43.4 Å². The van der Waals surface area contributed by atoms with E-state index in [0.717, 1.165) is 13.1 Å². The lowest BCUT2D eigenvalue weighted by atomic mass is 10.1. The summed E-state index contributed by atoms with van der Waals surface area (Å²) in [5.41, 5.74) is 3.95. The molecule has 0 spiro atoms. The molecule has 1 aromatic heterocycles. The van der Waals surface area contributed by atoms with Gasteiger partial charge in [-0.3, -0.25) is 0 Å². The Kier molecular flexibility index (Phi) is 3.65. The van der Waals surface area contributed by atoms with Crippen molar-refractivity contribution in [3.63, 3.8) is 0 Å². The van der Waals surface area contributed by atoms with Crippen LogP contribution in [-0.2, 0) is 6.54 Å². The Morgan fingerprint density at radius 1 is 1.26 bits per heavy atom. The molecule has 19 heavy (non-hydrogen) atoms. The Hall–Kier alpha value is -1.61. The minimum absolute atomic E-state index is 0.709. The maximum atomic E-state index is 4.60. The van der Waals surface area contributed by atoms with Crippen LogP contribution in [0.5, 0.6) is 0 Å². The molecule has 1 fully saturated rings. The summed E-state index contributed by atoms with van der Waals surface area (Å²) in [6, 6.07) is 10.4. The van der Waals surface area contributed by atoms with Gasteiger partial charge in [0.25, 0.3) is 0 Å².